The number of rotatable bonds is 6. The zero-order valence-corrected chi connectivity index (χ0v) is 17.0. The highest BCUT2D eigenvalue weighted by atomic mass is 19.2. The second-order valence-electron chi connectivity index (χ2n) is 7.38. The fourth-order valence-corrected chi connectivity index (χ4v) is 3.43. The van der Waals surface area contributed by atoms with Crippen molar-refractivity contribution in [1.29, 1.82) is 0 Å². The fraction of sp³-hybridized carbons (Fsp3) is 0.0800. The summed E-state index contributed by atoms with van der Waals surface area (Å²) in [4.78, 5) is 7.38. The van der Waals surface area contributed by atoms with Crippen LogP contribution in [0.1, 0.15) is 11.1 Å². The van der Waals surface area contributed by atoms with Crippen LogP contribution in [0.2, 0.25) is 0 Å². The van der Waals surface area contributed by atoms with Crippen LogP contribution in [-0.2, 0) is 13.2 Å². The summed E-state index contributed by atoms with van der Waals surface area (Å²) in [5.74, 6) is -0.785. The monoisotopic (exact) mass is 429 g/mol. The van der Waals surface area contributed by atoms with E-state index in [-0.39, 0.29) is 11.4 Å². The maximum atomic E-state index is 14.1. The van der Waals surface area contributed by atoms with Crippen LogP contribution in [0.3, 0.4) is 0 Å². The van der Waals surface area contributed by atoms with Gasteiger partial charge in [0, 0.05) is 5.56 Å². The molecule has 5 rings (SSSR count). The number of aromatic nitrogens is 4. The third-order valence-corrected chi connectivity index (χ3v) is 5.09. The molecule has 7 heteroatoms. The summed E-state index contributed by atoms with van der Waals surface area (Å²) in [7, 11) is 0. The molecule has 0 bridgehead atoms. The van der Waals surface area contributed by atoms with Gasteiger partial charge in [0.15, 0.2) is 18.2 Å². The highest BCUT2D eigenvalue weighted by molar-refractivity contribution is 5.77. The maximum absolute atomic E-state index is 14.1. The van der Waals surface area contributed by atoms with E-state index in [0.717, 1.165) is 22.9 Å². The molecule has 0 radical (unpaired) electrons. The van der Waals surface area contributed by atoms with Gasteiger partial charge in [-0.05, 0) is 47.1 Å². The molecule has 158 valence electrons. The number of benzene rings is 3. The number of H-pyrrole nitrogens is 1. The molecule has 0 spiro atoms. The van der Waals surface area contributed by atoms with Crippen molar-refractivity contribution in [3.05, 3.63) is 108 Å². The van der Waals surface area contributed by atoms with E-state index in [1.165, 1.54) is 12.1 Å². The molecule has 0 unspecified atom stereocenters. The SMILES string of the molecule is Fc1cccc(-c2nc3cn[n+](Cc4ccc(OCc5ccccc5)cc4)cc3[nH]2)c1F. The topological polar surface area (TPSA) is 54.7 Å². The van der Waals surface area contributed by atoms with Crippen molar-refractivity contribution in [3.63, 3.8) is 0 Å². The molecular weight excluding hydrogens is 410 g/mol. The second-order valence-corrected chi connectivity index (χ2v) is 7.38. The predicted octanol–water partition coefficient (Wildman–Crippen LogP) is 4.82. The molecule has 0 fully saturated rings. The van der Waals surface area contributed by atoms with Crippen LogP contribution in [0, 0.1) is 11.6 Å². The summed E-state index contributed by atoms with van der Waals surface area (Å²) >= 11 is 0. The zero-order valence-electron chi connectivity index (χ0n) is 17.0. The van der Waals surface area contributed by atoms with Crippen LogP contribution in [-0.4, -0.2) is 15.1 Å². The van der Waals surface area contributed by atoms with Crippen molar-refractivity contribution in [2.45, 2.75) is 13.2 Å². The minimum absolute atomic E-state index is 0.0823. The predicted molar refractivity (Wildman–Crippen MR) is 116 cm³/mol. The van der Waals surface area contributed by atoms with Crippen LogP contribution in [0.25, 0.3) is 22.4 Å². The van der Waals surface area contributed by atoms with Crippen LogP contribution in [0.5, 0.6) is 5.75 Å². The summed E-state index contributed by atoms with van der Waals surface area (Å²) in [6, 6.07) is 21.8. The molecule has 5 nitrogen and oxygen atoms in total. The molecule has 32 heavy (non-hydrogen) atoms. The van der Waals surface area contributed by atoms with E-state index in [4.69, 9.17) is 4.74 Å². The number of fused-ring (bicyclic) bond motifs is 1. The molecule has 0 amide bonds. The van der Waals surface area contributed by atoms with Crippen molar-refractivity contribution in [2.75, 3.05) is 0 Å². The average molecular weight is 429 g/mol. The Morgan fingerprint density at radius 2 is 1.69 bits per heavy atom. The number of imidazole rings is 1. The molecule has 1 N–H and O–H groups in total. The Kier molecular flexibility index (Phi) is 5.29. The first-order valence-corrected chi connectivity index (χ1v) is 10.1. The van der Waals surface area contributed by atoms with Crippen molar-refractivity contribution in [3.8, 4) is 17.1 Å². The summed E-state index contributed by atoms with van der Waals surface area (Å²) < 4.78 is 35.2. The third-order valence-electron chi connectivity index (χ3n) is 5.09. The Morgan fingerprint density at radius 1 is 0.875 bits per heavy atom. The molecule has 0 aliphatic heterocycles. The van der Waals surface area contributed by atoms with Crippen molar-refractivity contribution in [1.82, 2.24) is 15.1 Å². The number of aromatic amines is 1. The first-order chi connectivity index (χ1) is 15.7. The molecule has 0 saturated carbocycles. The van der Waals surface area contributed by atoms with Gasteiger partial charge >= 0.3 is 0 Å². The zero-order chi connectivity index (χ0) is 21.9. The molecule has 5 aromatic rings. The van der Waals surface area contributed by atoms with Gasteiger partial charge in [-0.3, -0.25) is 0 Å². The van der Waals surface area contributed by atoms with Gasteiger partial charge in [-0.25, -0.2) is 13.8 Å². The first-order valence-electron chi connectivity index (χ1n) is 10.1. The van der Waals surface area contributed by atoms with E-state index in [0.29, 0.717) is 24.2 Å². The highest BCUT2D eigenvalue weighted by Crippen LogP contribution is 2.23. The Bertz CT molecular complexity index is 1370. The van der Waals surface area contributed by atoms with Crippen LogP contribution >= 0.6 is 0 Å². The number of halogens is 2. The Labute approximate surface area is 183 Å². The van der Waals surface area contributed by atoms with Gasteiger partial charge in [0.1, 0.15) is 35.4 Å². The second kappa shape index (κ2) is 8.55. The van der Waals surface area contributed by atoms with E-state index in [2.05, 4.69) is 15.1 Å². The first kappa shape index (κ1) is 19.8. The molecular formula is C25H19F2N4O+. The molecule has 2 aromatic heterocycles. The van der Waals surface area contributed by atoms with Crippen molar-refractivity contribution >= 4 is 11.0 Å². The summed E-state index contributed by atoms with van der Waals surface area (Å²) in [5, 5.41) is 4.38. The van der Waals surface area contributed by atoms with Gasteiger partial charge in [0.25, 0.3) is 0 Å². The van der Waals surface area contributed by atoms with Crippen LogP contribution in [0.15, 0.2) is 85.2 Å². The lowest BCUT2D eigenvalue weighted by molar-refractivity contribution is -0.745. The van der Waals surface area contributed by atoms with E-state index in [9.17, 15) is 8.78 Å². The smallest absolute Gasteiger partial charge is 0.222 e. The maximum Gasteiger partial charge on any atom is 0.222 e. The summed E-state index contributed by atoms with van der Waals surface area (Å²) in [6.45, 7) is 1.05. The standard InChI is InChI=1S/C25H18F2N4O/c26-21-8-4-7-20(24(21)27)25-29-22-13-28-31(15-23(22)30-25)14-17-9-11-19(12-10-17)32-16-18-5-2-1-3-6-18/h1-13,15H,14,16H2/p+1. The van der Waals surface area contributed by atoms with Crippen molar-refractivity contribution in [2.24, 2.45) is 0 Å². The molecule has 0 aliphatic rings. The Balaban J connectivity index is 1.30. The molecule has 0 saturated heterocycles. The number of ether oxygens (including phenoxy) is 1. The highest BCUT2D eigenvalue weighted by Gasteiger charge is 2.16. The Morgan fingerprint density at radius 3 is 2.50 bits per heavy atom. The minimum Gasteiger partial charge on any atom is -0.489 e. The summed E-state index contributed by atoms with van der Waals surface area (Å²) in [5.41, 5.74) is 3.50. The quantitative estimate of drug-likeness (QED) is 0.394. The lowest BCUT2D eigenvalue weighted by Gasteiger charge is -2.06. The average Bonchev–Trinajstić information content (AvgIpc) is 3.24. The number of nitrogens with one attached hydrogen (secondary N) is 1. The van der Waals surface area contributed by atoms with E-state index in [1.807, 2.05) is 54.6 Å². The van der Waals surface area contributed by atoms with Crippen LogP contribution < -0.4 is 9.42 Å². The number of hydrogen-bond acceptors (Lipinski definition) is 3. The third kappa shape index (κ3) is 4.18. The van der Waals surface area contributed by atoms with Gasteiger partial charge in [0.2, 0.25) is 6.20 Å². The van der Waals surface area contributed by atoms with Gasteiger partial charge in [-0.2, -0.15) is 0 Å². The van der Waals surface area contributed by atoms with Gasteiger partial charge < -0.3 is 9.72 Å². The lowest BCUT2D eigenvalue weighted by atomic mass is 10.2. The molecule has 2 heterocycles. The van der Waals surface area contributed by atoms with Crippen LogP contribution in [0.4, 0.5) is 8.78 Å². The van der Waals surface area contributed by atoms with E-state index >= 15 is 0 Å². The van der Waals surface area contributed by atoms with Crippen molar-refractivity contribution < 1.29 is 18.2 Å². The van der Waals surface area contributed by atoms with E-state index in [1.54, 1.807) is 17.1 Å². The molecule has 3 aromatic carbocycles. The van der Waals surface area contributed by atoms with Gasteiger partial charge in [-0.1, -0.05) is 41.1 Å². The number of nitrogens with zero attached hydrogens (tertiary/aromatic N) is 3. The van der Waals surface area contributed by atoms with Gasteiger partial charge in [0.05, 0.1) is 5.56 Å². The summed E-state index contributed by atoms with van der Waals surface area (Å²) in [6.07, 6.45) is 3.40. The normalized spacial score (nSPS) is 11.1. The fourth-order valence-electron chi connectivity index (χ4n) is 3.43. The minimum atomic E-state index is -0.929. The van der Waals surface area contributed by atoms with E-state index < -0.39 is 11.6 Å². The Hall–Kier alpha value is -4.13. The van der Waals surface area contributed by atoms with Gasteiger partial charge in [-0.15, -0.1) is 0 Å². The number of hydrogen-bond donors (Lipinski definition) is 1. The molecule has 0 aliphatic carbocycles. The lowest BCUT2D eigenvalue weighted by Crippen LogP contribution is -2.37. The largest absolute Gasteiger partial charge is 0.489 e. The molecule has 0 atom stereocenters.